The van der Waals surface area contributed by atoms with Gasteiger partial charge in [-0.15, -0.1) is 0 Å². The van der Waals surface area contributed by atoms with E-state index in [1.165, 1.54) is 11.1 Å². The van der Waals surface area contributed by atoms with Crippen molar-refractivity contribution in [2.45, 2.75) is 39.4 Å². The molecule has 0 amide bonds. The Bertz CT molecular complexity index is 765. The third kappa shape index (κ3) is 5.04. The van der Waals surface area contributed by atoms with Crippen molar-refractivity contribution in [3.05, 3.63) is 59.2 Å². The number of para-hydroxylation sites is 1. The van der Waals surface area contributed by atoms with Crippen LogP contribution in [0.1, 0.15) is 30.0 Å². The fourth-order valence-electron chi connectivity index (χ4n) is 3.95. The molecule has 5 heteroatoms. The SMILES string of the molecule is CCOc1cccc(CN2CCN(Cc3ccccc3C)[C@@H](CCO)C2)c1O. The molecule has 152 valence electrons. The third-order valence-corrected chi connectivity index (χ3v) is 5.56. The van der Waals surface area contributed by atoms with Gasteiger partial charge in [0.1, 0.15) is 0 Å². The van der Waals surface area contributed by atoms with Gasteiger partial charge in [-0.3, -0.25) is 9.80 Å². The Labute approximate surface area is 168 Å². The Balaban J connectivity index is 1.67. The maximum atomic E-state index is 10.5. The number of ether oxygens (including phenoxy) is 1. The molecule has 0 spiro atoms. The van der Waals surface area contributed by atoms with Crippen LogP contribution in [0.2, 0.25) is 0 Å². The fourth-order valence-corrected chi connectivity index (χ4v) is 3.95. The molecular formula is C23H32N2O3. The van der Waals surface area contributed by atoms with Gasteiger partial charge in [-0.25, -0.2) is 0 Å². The summed E-state index contributed by atoms with van der Waals surface area (Å²) in [5.41, 5.74) is 3.55. The van der Waals surface area contributed by atoms with Gasteiger partial charge in [0, 0.05) is 50.9 Å². The summed E-state index contributed by atoms with van der Waals surface area (Å²) in [7, 11) is 0. The van der Waals surface area contributed by atoms with Gasteiger partial charge in [0.25, 0.3) is 0 Å². The predicted molar refractivity (Wildman–Crippen MR) is 112 cm³/mol. The summed E-state index contributed by atoms with van der Waals surface area (Å²) in [5.74, 6) is 0.787. The standard InChI is InChI=1S/C23H32N2O3/c1-3-28-22-10-6-9-20(23(22)27)15-24-12-13-25(21(17-24)11-14-26)16-19-8-5-4-7-18(19)2/h4-10,21,26-27H,3,11-17H2,1-2H3/t21-/m0/s1. The van der Waals surface area contributed by atoms with Gasteiger partial charge in [0.05, 0.1) is 6.61 Å². The summed E-state index contributed by atoms with van der Waals surface area (Å²) in [4.78, 5) is 4.84. The van der Waals surface area contributed by atoms with E-state index < -0.39 is 0 Å². The molecule has 1 atom stereocenters. The molecule has 0 unspecified atom stereocenters. The van der Waals surface area contributed by atoms with Crippen LogP contribution in [0.15, 0.2) is 42.5 Å². The highest BCUT2D eigenvalue weighted by molar-refractivity contribution is 5.45. The average molecular weight is 385 g/mol. The van der Waals surface area contributed by atoms with E-state index >= 15 is 0 Å². The van der Waals surface area contributed by atoms with Crippen LogP contribution in [0.5, 0.6) is 11.5 Å². The number of phenolic OH excluding ortho intramolecular Hbond substituents is 1. The van der Waals surface area contributed by atoms with Crippen molar-refractivity contribution < 1.29 is 14.9 Å². The minimum absolute atomic E-state index is 0.188. The molecule has 3 rings (SSSR count). The van der Waals surface area contributed by atoms with E-state index in [9.17, 15) is 10.2 Å². The Morgan fingerprint density at radius 1 is 1.04 bits per heavy atom. The Kier molecular flexibility index (Phi) is 7.31. The first-order valence-electron chi connectivity index (χ1n) is 10.2. The molecule has 1 aliphatic rings. The number of aliphatic hydroxyl groups excluding tert-OH is 1. The van der Waals surface area contributed by atoms with E-state index in [0.717, 1.165) is 38.2 Å². The number of piperazine rings is 1. The number of rotatable bonds is 8. The zero-order valence-electron chi connectivity index (χ0n) is 17.0. The van der Waals surface area contributed by atoms with Crippen LogP contribution < -0.4 is 4.74 Å². The van der Waals surface area contributed by atoms with Crippen LogP contribution in [-0.4, -0.2) is 58.9 Å². The highest BCUT2D eigenvalue weighted by Crippen LogP contribution is 2.31. The number of hydrogen-bond donors (Lipinski definition) is 2. The van der Waals surface area contributed by atoms with Crippen LogP contribution in [0, 0.1) is 6.92 Å². The van der Waals surface area contributed by atoms with Crippen LogP contribution in [0.25, 0.3) is 0 Å². The second kappa shape index (κ2) is 9.92. The first kappa shape index (κ1) is 20.6. The highest BCUT2D eigenvalue weighted by Gasteiger charge is 2.27. The molecule has 0 radical (unpaired) electrons. The van der Waals surface area contributed by atoms with Crippen LogP contribution in [-0.2, 0) is 13.1 Å². The average Bonchev–Trinajstić information content (AvgIpc) is 2.69. The quantitative estimate of drug-likeness (QED) is 0.732. The molecule has 0 saturated carbocycles. The van der Waals surface area contributed by atoms with E-state index in [2.05, 4.69) is 41.0 Å². The molecule has 2 aromatic carbocycles. The topological polar surface area (TPSA) is 56.2 Å². The van der Waals surface area contributed by atoms with E-state index in [-0.39, 0.29) is 12.4 Å². The Morgan fingerprint density at radius 2 is 1.82 bits per heavy atom. The minimum atomic E-state index is 0.188. The summed E-state index contributed by atoms with van der Waals surface area (Å²) >= 11 is 0. The van der Waals surface area contributed by atoms with Gasteiger partial charge < -0.3 is 14.9 Å². The van der Waals surface area contributed by atoms with Gasteiger partial charge in [0.2, 0.25) is 0 Å². The molecule has 1 fully saturated rings. The summed E-state index contributed by atoms with van der Waals surface area (Å²) in [5, 5.41) is 20.1. The lowest BCUT2D eigenvalue weighted by molar-refractivity contribution is 0.0495. The molecule has 28 heavy (non-hydrogen) atoms. The van der Waals surface area contributed by atoms with Crippen molar-refractivity contribution in [1.29, 1.82) is 0 Å². The second-order valence-electron chi connectivity index (χ2n) is 7.50. The number of aliphatic hydroxyl groups is 1. The van der Waals surface area contributed by atoms with Gasteiger partial charge in [-0.05, 0) is 37.5 Å². The lowest BCUT2D eigenvalue weighted by Crippen LogP contribution is -2.52. The minimum Gasteiger partial charge on any atom is -0.504 e. The Morgan fingerprint density at radius 3 is 2.57 bits per heavy atom. The molecule has 1 aliphatic heterocycles. The molecule has 0 aromatic heterocycles. The number of hydrogen-bond acceptors (Lipinski definition) is 5. The van der Waals surface area contributed by atoms with Gasteiger partial charge in [-0.2, -0.15) is 0 Å². The van der Waals surface area contributed by atoms with Crippen LogP contribution >= 0.6 is 0 Å². The molecule has 2 aromatic rings. The molecule has 1 heterocycles. The number of aryl methyl sites for hydroxylation is 1. The molecule has 5 nitrogen and oxygen atoms in total. The lowest BCUT2D eigenvalue weighted by atomic mass is 10.0. The lowest BCUT2D eigenvalue weighted by Gasteiger charge is -2.41. The van der Waals surface area contributed by atoms with Crippen molar-refractivity contribution >= 4 is 0 Å². The zero-order valence-corrected chi connectivity index (χ0v) is 17.0. The number of nitrogens with zero attached hydrogens (tertiary/aromatic N) is 2. The Hall–Kier alpha value is -2.08. The monoisotopic (exact) mass is 384 g/mol. The van der Waals surface area contributed by atoms with Crippen molar-refractivity contribution in [2.24, 2.45) is 0 Å². The fraction of sp³-hybridized carbons (Fsp3) is 0.478. The summed E-state index contributed by atoms with van der Waals surface area (Å²) in [6.45, 7) is 9.16. The van der Waals surface area contributed by atoms with Gasteiger partial charge in [0.15, 0.2) is 11.5 Å². The van der Waals surface area contributed by atoms with E-state index in [4.69, 9.17) is 4.74 Å². The van der Waals surface area contributed by atoms with Crippen LogP contribution in [0.3, 0.4) is 0 Å². The van der Waals surface area contributed by atoms with Crippen molar-refractivity contribution in [2.75, 3.05) is 32.8 Å². The second-order valence-corrected chi connectivity index (χ2v) is 7.50. The maximum Gasteiger partial charge on any atom is 0.162 e. The molecular weight excluding hydrogens is 352 g/mol. The highest BCUT2D eigenvalue weighted by atomic mass is 16.5. The van der Waals surface area contributed by atoms with E-state index in [1.54, 1.807) is 6.07 Å². The van der Waals surface area contributed by atoms with Crippen molar-refractivity contribution in [1.82, 2.24) is 9.80 Å². The van der Waals surface area contributed by atoms with Gasteiger partial charge >= 0.3 is 0 Å². The molecule has 2 N–H and O–H groups in total. The molecule has 1 saturated heterocycles. The first-order chi connectivity index (χ1) is 13.6. The van der Waals surface area contributed by atoms with E-state index in [1.807, 2.05) is 19.1 Å². The van der Waals surface area contributed by atoms with Crippen molar-refractivity contribution in [3.63, 3.8) is 0 Å². The maximum absolute atomic E-state index is 10.5. The number of benzene rings is 2. The normalized spacial score (nSPS) is 18.3. The summed E-state index contributed by atoms with van der Waals surface area (Å²) < 4.78 is 5.51. The molecule has 0 aliphatic carbocycles. The number of aromatic hydroxyl groups is 1. The number of phenols is 1. The van der Waals surface area contributed by atoms with E-state index in [0.29, 0.717) is 24.9 Å². The van der Waals surface area contributed by atoms with Crippen molar-refractivity contribution in [3.8, 4) is 11.5 Å². The third-order valence-electron chi connectivity index (χ3n) is 5.56. The summed E-state index contributed by atoms with van der Waals surface area (Å²) in [6.07, 6.45) is 0.757. The molecule has 0 bridgehead atoms. The zero-order chi connectivity index (χ0) is 19.9. The predicted octanol–water partition coefficient (Wildman–Crippen LogP) is 3.17. The largest absolute Gasteiger partial charge is 0.504 e. The first-order valence-corrected chi connectivity index (χ1v) is 10.2. The van der Waals surface area contributed by atoms with Crippen LogP contribution in [0.4, 0.5) is 0 Å². The smallest absolute Gasteiger partial charge is 0.162 e. The summed E-state index contributed by atoms with van der Waals surface area (Å²) in [6, 6.07) is 14.5. The van der Waals surface area contributed by atoms with Gasteiger partial charge in [-0.1, -0.05) is 36.4 Å².